The lowest BCUT2D eigenvalue weighted by Crippen LogP contribution is -2.18. The summed E-state index contributed by atoms with van der Waals surface area (Å²) in [4.78, 5) is 0. The molecule has 1 aliphatic rings. The minimum Gasteiger partial charge on any atom is -0.310 e. The van der Waals surface area contributed by atoms with Crippen LogP contribution in [-0.4, -0.2) is 7.05 Å². The number of thiophene rings is 1. The zero-order valence-corrected chi connectivity index (χ0v) is 13.9. The van der Waals surface area contributed by atoms with Gasteiger partial charge in [0.15, 0.2) is 0 Å². The van der Waals surface area contributed by atoms with Gasteiger partial charge in [-0.15, -0.1) is 11.3 Å². The molecule has 1 heterocycles. The molecule has 1 aliphatic carbocycles. The predicted molar refractivity (Wildman–Crippen MR) is 82.7 cm³/mol. The Balaban J connectivity index is 2.26. The van der Waals surface area contributed by atoms with E-state index in [1.165, 1.54) is 45.2 Å². The third-order valence-electron chi connectivity index (χ3n) is 3.23. The van der Waals surface area contributed by atoms with Crippen LogP contribution in [0.25, 0.3) is 0 Å². The van der Waals surface area contributed by atoms with Crippen molar-refractivity contribution in [3.8, 4) is 0 Å². The lowest BCUT2D eigenvalue weighted by molar-refractivity contribution is 0.628. The summed E-state index contributed by atoms with van der Waals surface area (Å²) in [6.45, 7) is 0. The Labute approximate surface area is 124 Å². The maximum atomic E-state index is 3.67. The van der Waals surface area contributed by atoms with E-state index in [2.05, 4.69) is 56.4 Å². The summed E-state index contributed by atoms with van der Waals surface area (Å²) in [6.07, 6.45) is 8.93. The fourth-order valence-electron chi connectivity index (χ4n) is 2.39. The summed E-state index contributed by atoms with van der Waals surface area (Å²) in [5.74, 6) is 0. The molecule has 0 spiro atoms. The molecule has 1 aromatic rings. The molecule has 1 atom stereocenters. The molecule has 0 bridgehead atoms. The van der Waals surface area contributed by atoms with E-state index in [1.807, 2.05) is 0 Å². The summed E-state index contributed by atoms with van der Waals surface area (Å²) in [7, 11) is 2.05. The van der Waals surface area contributed by atoms with Crippen molar-refractivity contribution in [3.05, 3.63) is 30.9 Å². The molecule has 0 fully saturated rings. The van der Waals surface area contributed by atoms with Gasteiger partial charge in [0.1, 0.15) is 0 Å². The quantitative estimate of drug-likeness (QED) is 0.692. The van der Waals surface area contributed by atoms with Crippen molar-refractivity contribution in [2.75, 3.05) is 7.05 Å². The number of halogens is 2. The molecule has 1 nitrogen and oxygen atoms in total. The lowest BCUT2D eigenvalue weighted by Gasteiger charge is -2.19. The average Bonchev–Trinajstić information content (AvgIpc) is 2.55. The average molecular weight is 379 g/mol. The lowest BCUT2D eigenvalue weighted by atomic mass is 9.97. The van der Waals surface area contributed by atoms with Gasteiger partial charge in [-0.3, -0.25) is 0 Å². The van der Waals surface area contributed by atoms with Gasteiger partial charge in [0.25, 0.3) is 0 Å². The highest BCUT2D eigenvalue weighted by Crippen LogP contribution is 2.39. The second-order valence-corrected chi connectivity index (χ2v) is 8.13. The number of allylic oxidation sites excluding steroid dienone is 1. The molecule has 17 heavy (non-hydrogen) atoms. The van der Waals surface area contributed by atoms with Crippen molar-refractivity contribution in [3.63, 3.8) is 0 Å². The molecular weight excluding hydrogens is 362 g/mol. The van der Waals surface area contributed by atoms with Gasteiger partial charge in [-0.1, -0.05) is 18.1 Å². The maximum absolute atomic E-state index is 3.67. The summed E-state index contributed by atoms with van der Waals surface area (Å²) in [5.41, 5.74) is 2.91. The molecule has 0 saturated heterocycles. The fourth-order valence-corrected chi connectivity index (χ4v) is 5.29. The van der Waals surface area contributed by atoms with Crippen molar-refractivity contribution in [2.45, 2.75) is 38.1 Å². The van der Waals surface area contributed by atoms with Gasteiger partial charge < -0.3 is 5.32 Å². The van der Waals surface area contributed by atoms with Gasteiger partial charge in [-0.05, 0) is 76.2 Å². The summed E-state index contributed by atoms with van der Waals surface area (Å²) >= 11 is 8.98. The predicted octanol–water partition coefficient (Wildman–Crippen LogP) is 5.42. The van der Waals surface area contributed by atoms with E-state index in [0.29, 0.717) is 6.04 Å². The van der Waals surface area contributed by atoms with Gasteiger partial charge >= 0.3 is 0 Å². The standard InChI is InChI=1S/C13H17Br2NS/c1-16-12(9-6-4-2-3-5-7-9)10-8-11(14)17-13(10)15/h6,8,12,16H,2-5,7H2,1H3. The SMILES string of the molecule is CNC(C1=CCCCCC1)c1cc(Br)sc1Br. The van der Waals surface area contributed by atoms with Crippen LogP contribution in [-0.2, 0) is 0 Å². The first kappa shape index (κ1) is 13.8. The van der Waals surface area contributed by atoms with Crippen LogP contribution in [0.4, 0.5) is 0 Å². The second-order valence-electron chi connectivity index (χ2n) is 4.38. The first-order valence-electron chi connectivity index (χ1n) is 6.03. The molecule has 2 rings (SSSR count). The molecular formula is C13H17Br2NS. The van der Waals surface area contributed by atoms with Gasteiger partial charge in [0, 0.05) is 0 Å². The first-order valence-corrected chi connectivity index (χ1v) is 8.43. The van der Waals surface area contributed by atoms with Crippen LogP contribution in [0, 0.1) is 0 Å². The number of hydrogen-bond donors (Lipinski definition) is 1. The Morgan fingerprint density at radius 1 is 1.29 bits per heavy atom. The van der Waals surface area contributed by atoms with E-state index in [-0.39, 0.29) is 0 Å². The van der Waals surface area contributed by atoms with Crippen molar-refractivity contribution >= 4 is 43.2 Å². The maximum Gasteiger partial charge on any atom is 0.0761 e. The largest absolute Gasteiger partial charge is 0.310 e. The molecule has 1 unspecified atom stereocenters. The highest BCUT2D eigenvalue weighted by Gasteiger charge is 2.20. The molecule has 0 aliphatic heterocycles. The van der Waals surface area contributed by atoms with E-state index in [9.17, 15) is 0 Å². The van der Waals surface area contributed by atoms with Crippen LogP contribution in [0.5, 0.6) is 0 Å². The second kappa shape index (κ2) is 6.50. The smallest absolute Gasteiger partial charge is 0.0761 e. The van der Waals surface area contributed by atoms with Crippen LogP contribution in [0.15, 0.2) is 25.3 Å². The van der Waals surface area contributed by atoms with Crippen molar-refractivity contribution in [2.24, 2.45) is 0 Å². The molecule has 0 saturated carbocycles. The zero-order chi connectivity index (χ0) is 12.3. The summed E-state index contributed by atoms with van der Waals surface area (Å²) in [5, 5.41) is 3.46. The monoisotopic (exact) mass is 377 g/mol. The number of hydrogen-bond acceptors (Lipinski definition) is 2. The highest BCUT2D eigenvalue weighted by molar-refractivity contribution is 9.12. The van der Waals surface area contributed by atoms with E-state index in [1.54, 1.807) is 16.9 Å². The fraction of sp³-hybridized carbons (Fsp3) is 0.538. The Hall–Kier alpha value is 0.360. The van der Waals surface area contributed by atoms with E-state index < -0.39 is 0 Å². The van der Waals surface area contributed by atoms with E-state index in [0.717, 1.165) is 0 Å². The third kappa shape index (κ3) is 3.43. The summed E-state index contributed by atoms with van der Waals surface area (Å²) < 4.78 is 2.42. The first-order chi connectivity index (χ1) is 8.22. The van der Waals surface area contributed by atoms with Gasteiger partial charge in [-0.2, -0.15) is 0 Å². The minimum atomic E-state index is 0.366. The van der Waals surface area contributed by atoms with E-state index in [4.69, 9.17) is 0 Å². The molecule has 1 N–H and O–H groups in total. The van der Waals surface area contributed by atoms with Crippen LogP contribution in [0.2, 0.25) is 0 Å². The van der Waals surface area contributed by atoms with Gasteiger partial charge in [0.2, 0.25) is 0 Å². The van der Waals surface area contributed by atoms with Crippen LogP contribution >= 0.6 is 43.2 Å². The Bertz CT molecular complexity index is 412. The van der Waals surface area contributed by atoms with Crippen LogP contribution in [0.3, 0.4) is 0 Å². The Kier molecular flexibility index (Phi) is 5.27. The van der Waals surface area contributed by atoms with Crippen LogP contribution in [0.1, 0.15) is 43.7 Å². The highest BCUT2D eigenvalue weighted by atomic mass is 79.9. The molecule has 0 amide bonds. The van der Waals surface area contributed by atoms with Crippen molar-refractivity contribution < 1.29 is 0 Å². The number of rotatable bonds is 3. The van der Waals surface area contributed by atoms with Crippen LogP contribution < -0.4 is 5.32 Å². The normalized spacial score (nSPS) is 18.6. The van der Waals surface area contributed by atoms with Gasteiger partial charge in [-0.25, -0.2) is 0 Å². The van der Waals surface area contributed by atoms with Crippen molar-refractivity contribution in [1.29, 1.82) is 0 Å². The third-order valence-corrected chi connectivity index (χ3v) is 5.62. The minimum absolute atomic E-state index is 0.366. The number of nitrogens with one attached hydrogen (secondary N) is 1. The molecule has 0 aromatic carbocycles. The molecule has 4 heteroatoms. The molecule has 94 valence electrons. The van der Waals surface area contributed by atoms with Gasteiger partial charge in [0.05, 0.1) is 13.6 Å². The van der Waals surface area contributed by atoms with Crippen molar-refractivity contribution in [1.82, 2.24) is 5.32 Å². The van der Waals surface area contributed by atoms with E-state index >= 15 is 0 Å². The summed E-state index contributed by atoms with van der Waals surface area (Å²) in [6, 6.07) is 2.59. The topological polar surface area (TPSA) is 12.0 Å². The molecule has 1 aromatic heterocycles. The Morgan fingerprint density at radius 3 is 2.76 bits per heavy atom. The molecule has 0 radical (unpaired) electrons. The Morgan fingerprint density at radius 2 is 2.12 bits per heavy atom. The zero-order valence-electron chi connectivity index (χ0n) is 9.93. The number of likely N-dealkylation sites (N-methyl/N-ethyl adjacent to an activating group) is 1.